The lowest BCUT2D eigenvalue weighted by molar-refractivity contribution is 0.402. The van der Waals surface area contributed by atoms with E-state index in [4.69, 9.17) is 39.4 Å². The Kier molecular flexibility index (Phi) is 4.15. The van der Waals surface area contributed by atoms with Crippen LogP contribution in [-0.2, 0) is 0 Å². The smallest absolute Gasteiger partial charge is 0.231 e. The fourth-order valence-electron chi connectivity index (χ4n) is 3.78. The van der Waals surface area contributed by atoms with Crippen LogP contribution in [0.2, 0.25) is 5.02 Å². The van der Waals surface area contributed by atoms with Gasteiger partial charge < -0.3 is 15.5 Å². The van der Waals surface area contributed by atoms with Gasteiger partial charge in [0.15, 0.2) is 0 Å². The number of nitrogens with one attached hydrogen (secondary N) is 1. The molecule has 144 valence electrons. The average Bonchev–Trinajstić information content (AvgIpc) is 3.03. The predicted molar refractivity (Wildman–Crippen MR) is 115 cm³/mol. The van der Waals surface area contributed by atoms with Crippen LogP contribution in [0.3, 0.4) is 0 Å². The molecule has 29 heavy (non-hydrogen) atoms. The molecule has 0 bridgehead atoms. The molecule has 1 atom stereocenters. The van der Waals surface area contributed by atoms with Crippen LogP contribution < -0.4 is 10.5 Å². The number of hydrogen-bond acceptors (Lipinski definition) is 5. The Morgan fingerprint density at radius 1 is 1.14 bits per heavy atom. The van der Waals surface area contributed by atoms with Gasteiger partial charge in [-0.05, 0) is 49.0 Å². The van der Waals surface area contributed by atoms with E-state index in [0.717, 1.165) is 28.1 Å². The minimum Gasteiger partial charge on any atom is -0.420 e. The number of nitrogen functional groups attached to an aromatic ring is 1. The summed E-state index contributed by atoms with van der Waals surface area (Å²) < 4.78 is 8.26. The van der Waals surface area contributed by atoms with Gasteiger partial charge in [0.1, 0.15) is 5.82 Å². The third kappa shape index (κ3) is 2.90. The van der Waals surface area contributed by atoms with Crippen LogP contribution in [0.15, 0.2) is 54.6 Å². The fraction of sp³-hybridized carbons (Fsp3) is 0.0952. The number of nitrogens with zero attached hydrogens (tertiary/aromatic N) is 3. The Hall–Kier alpha value is -3.16. The average molecular weight is 422 g/mol. The van der Waals surface area contributed by atoms with Crippen LogP contribution in [0.1, 0.15) is 28.3 Å². The van der Waals surface area contributed by atoms with Crippen molar-refractivity contribution in [3.8, 4) is 17.4 Å². The van der Waals surface area contributed by atoms with Crippen molar-refractivity contribution in [1.82, 2.24) is 19.7 Å². The number of ether oxygens (including phenoxy) is 1. The van der Waals surface area contributed by atoms with E-state index in [1.165, 1.54) is 0 Å². The van der Waals surface area contributed by atoms with Gasteiger partial charge in [0.05, 0.1) is 28.4 Å². The molecular formula is C21H16ClN5OS. The lowest BCUT2D eigenvalue weighted by atomic mass is 9.84. The molecule has 3 heterocycles. The Labute approximate surface area is 176 Å². The lowest BCUT2D eigenvalue weighted by Crippen LogP contribution is -2.17. The first kappa shape index (κ1) is 17.9. The van der Waals surface area contributed by atoms with Crippen LogP contribution in [-0.4, -0.2) is 19.7 Å². The molecule has 0 amide bonds. The standard InChI is InChI=1S/C21H16ClN5OS/c1-11-15-16(12-6-5-7-13(22)10-12)17-18(23)24-21(29)25-19(17)28-20(15)27(26-11)14-8-3-2-4-9-14/h2-10,16H,1H3,(H3,23,24,25,29). The molecule has 0 saturated carbocycles. The summed E-state index contributed by atoms with van der Waals surface area (Å²) in [6.07, 6.45) is 0. The zero-order valence-corrected chi connectivity index (χ0v) is 17.0. The number of benzene rings is 2. The van der Waals surface area contributed by atoms with E-state index in [9.17, 15) is 0 Å². The largest absolute Gasteiger partial charge is 0.420 e. The highest BCUT2D eigenvalue weighted by molar-refractivity contribution is 7.71. The molecule has 2 aromatic carbocycles. The highest BCUT2D eigenvalue weighted by atomic mass is 35.5. The second kappa shape index (κ2) is 6.72. The molecule has 1 unspecified atom stereocenters. The number of anilines is 1. The third-order valence-electron chi connectivity index (χ3n) is 4.98. The van der Waals surface area contributed by atoms with E-state index in [0.29, 0.717) is 22.6 Å². The molecular weight excluding hydrogens is 406 g/mol. The van der Waals surface area contributed by atoms with Gasteiger partial charge in [0.2, 0.25) is 16.5 Å². The highest BCUT2D eigenvalue weighted by Gasteiger charge is 2.37. The van der Waals surface area contributed by atoms with Gasteiger partial charge in [0.25, 0.3) is 0 Å². The van der Waals surface area contributed by atoms with Gasteiger partial charge in [-0.25, -0.2) is 4.68 Å². The van der Waals surface area contributed by atoms with Gasteiger partial charge in [-0.2, -0.15) is 10.1 Å². The maximum absolute atomic E-state index is 6.33. The molecule has 0 aliphatic carbocycles. The Morgan fingerprint density at radius 2 is 1.93 bits per heavy atom. The first-order chi connectivity index (χ1) is 14.0. The molecule has 8 heteroatoms. The van der Waals surface area contributed by atoms with Crippen molar-refractivity contribution in [2.24, 2.45) is 0 Å². The normalized spacial score (nSPS) is 14.8. The summed E-state index contributed by atoms with van der Waals surface area (Å²) >= 11 is 11.5. The van der Waals surface area contributed by atoms with Crippen LogP contribution in [0.25, 0.3) is 5.69 Å². The number of aromatic amines is 1. The number of aromatic nitrogens is 4. The molecule has 0 spiro atoms. The predicted octanol–water partition coefficient (Wildman–Crippen LogP) is 5.15. The van der Waals surface area contributed by atoms with Crippen molar-refractivity contribution < 1.29 is 4.74 Å². The van der Waals surface area contributed by atoms with Gasteiger partial charge in [-0.15, -0.1) is 0 Å². The summed E-state index contributed by atoms with van der Waals surface area (Å²) in [7, 11) is 0. The van der Waals surface area contributed by atoms with Crippen molar-refractivity contribution in [2.45, 2.75) is 12.8 Å². The second-order valence-corrected chi connectivity index (χ2v) is 7.64. The monoisotopic (exact) mass is 421 g/mol. The molecule has 5 rings (SSSR count). The molecule has 0 fully saturated rings. The zero-order chi connectivity index (χ0) is 20.1. The number of para-hydroxylation sites is 1. The van der Waals surface area contributed by atoms with Gasteiger partial charge in [0, 0.05) is 5.02 Å². The SMILES string of the molecule is Cc1nn(-c2ccccc2)c2c1C(c1cccc(Cl)c1)c1c(nc(=S)[nH]c1N)O2. The number of aryl methyl sites for hydroxylation is 1. The van der Waals surface area contributed by atoms with E-state index in [1.807, 2.05) is 61.5 Å². The number of H-pyrrole nitrogens is 1. The minimum atomic E-state index is -0.246. The summed E-state index contributed by atoms with van der Waals surface area (Å²) in [5, 5.41) is 5.39. The number of rotatable bonds is 2. The Bertz CT molecular complexity index is 1300. The number of hydrogen-bond donors (Lipinski definition) is 2. The summed E-state index contributed by atoms with van der Waals surface area (Å²) in [4.78, 5) is 7.34. The minimum absolute atomic E-state index is 0.246. The van der Waals surface area contributed by atoms with Crippen molar-refractivity contribution in [1.29, 1.82) is 0 Å². The summed E-state index contributed by atoms with van der Waals surface area (Å²) in [5.41, 5.74) is 10.7. The Balaban J connectivity index is 1.83. The maximum Gasteiger partial charge on any atom is 0.231 e. The topological polar surface area (TPSA) is 81.8 Å². The summed E-state index contributed by atoms with van der Waals surface area (Å²) in [5.74, 6) is 1.14. The zero-order valence-electron chi connectivity index (χ0n) is 15.4. The first-order valence-electron chi connectivity index (χ1n) is 9.01. The van der Waals surface area contributed by atoms with Crippen molar-refractivity contribution >= 4 is 29.6 Å². The van der Waals surface area contributed by atoms with Crippen LogP contribution in [0, 0.1) is 11.7 Å². The van der Waals surface area contributed by atoms with Gasteiger partial charge >= 0.3 is 0 Å². The van der Waals surface area contributed by atoms with Crippen LogP contribution in [0.5, 0.6) is 11.8 Å². The van der Waals surface area contributed by atoms with Crippen molar-refractivity contribution in [3.63, 3.8) is 0 Å². The van der Waals surface area contributed by atoms with E-state index >= 15 is 0 Å². The fourth-order valence-corrected chi connectivity index (χ4v) is 4.17. The third-order valence-corrected chi connectivity index (χ3v) is 5.41. The van der Waals surface area contributed by atoms with E-state index < -0.39 is 0 Å². The van der Waals surface area contributed by atoms with E-state index in [2.05, 4.69) is 9.97 Å². The highest BCUT2D eigenvalue weighted by Crippen LogP contribution is 2.50. The Morgan fingerprint density at radius 3 is 2.69 bits per heavy atom. The summed E-state index contributed by atoms with van der Waals surface area (Å²) in [6.45, 7) is 1.96. The molecule has 1 aliphatic heterocycles. The van der Waals surface area contributed by atoms with Crippen molar-refractivity contribution in [2.75, 3.05) is 5.73 Å². The molecule has 0 saturated heterocycles. The number of fused-ring (bicyclic) bond motifs is 2. The molecule has 6 nitrogen and oxygen atoms in total. The number of halogens is 1. The molecule has 2 aromatic heterocycles. The van der Waals surface area contributed by atoms with Crippen molar-refractivity contribution in [3.05, 3.63) is 86.8 Å². The van der Waals surface area contributed by atoms with E-state index in [1.54, 1.807) is 4.68 Å². The quantitative estimate of drug-likeness (QED) is 0.385. The summed E-state index contributed by atoms with van der Waals surface area (Å²) in [6, 6.07) is 17.5. The van der Waals surface area contributed by atoms with Crippen LogP contribution >= 0.6 is 23.8 Å². The molecule has 0 radical (unpaired) electrons. The maximum atomic E-state index is 6.33. The molecule has 4 aromatic rings. The molecule has 1 aliphatic rings. The molecule has 3 N–H and O–H groups in total. The first-order valence-corrected chi connectivity index (χ1v) is 9.79. The van der Waals surface area contributed by atoms with Gasteiger partial charge in [-0.3, -0.25) is 0 Å². The number of nitrogens with two attached hydrogens (primary N) is 1. The lowest BCUT2D eigenvalue weighted by Gasteiger charge is -2.27. The van der Waals surface area contributed by atoms with E-state index in [-0.39, 0.29) is 10.7 Å². The van der Waals surface area contributed by atoms with Crippen LogP contribution in [0.4, 0.5) is 5.82 Å². The second-order valence-electron chi connectivity index (χ2n) is 6.82. The van der Waals surface area contributed by atoms with Gasteiger partial charge in [-0.1, -0.05) is 41.9 Å².